The predicted molar refractivity (Wildman–Crippen MR) is 120 cm³/mol. The predicted octanol–water partition coefficient (Wildman–Crippen LogP) is 6.88. The van der Waals surface area contributed by atoms with Crippen LogP contribution in [-0.4, -0.2) is 10.8 Å². The number of alkyl halides is 3. The molecule has 32 heavy (non-hydrogen) atoms. The summed E-state index contributed by atoms with van der Waals surface area (Å²) in [5, 5.41) is 0.863. The van der Waals surface area contributed by atoms with E-state index in [-0.39, 0.29) is 11.3 Å². The van der Waals surface area contributed by atoms with Gasteiger partial charge in [0.2, 0.25) is 0 Å². The van der Waals surface area contributed by atoms with Gasteiger partial charge in [-0.2, -0.15) is 13.2 Å². The molecule has 0 aliphatic heterocycles. The first kappa shape index (κ1) is 21.5. The fourth-order valence-corrected chi connectivity index (χ4v) is 3.75. The first-order valence-corrected chi connectivity index (χ1v) is 10.1. The van der Waals surface area contributed by atoms with Gasteiger partial charge in [-0.1, -0.05) is 65.9 Å². The second-order valence-corrected chi connectivity index (χ2v) is 7.71. The fourth-order valence-electron chi connectivity index (χ4n) is 3.75. The van der Waals surface area contributed by atoms with Crippen LogP contribution >= 0.6 is 0 Å². The molecule has 0 spiro atoms. The van der Waals surface area contributed by atoms with Gasteiger partial charge < -0.3 is 4.98 Å². The van der Waals surface area contributed by atoms with Crippen molar-refractivity contribution in [1.82, 2.24) is 4.98 Å². The number of rotatable bonds is 3. The average Bonchev–Trinajstić information content (AvgIpc) is 3.15. The lowest BCUT2D eigenvalue weighted by Crippen LogP contribution is -2.06. The molecule has 1 atom stereocenters. The molecule has 0 saturated carbocycles. The molecule has 0 radical (unpaired) electrons. The van der Waals surface area contributed by atoms with E-state index in [0.29, 0.717) is 5.69 Å². The Morgan fingerprint density at radius 2 is 1.69 bits per heavy atom. The van der Waals surface area contributed by atoms with Crippen molar-refractivity contribution in [2.24, 2.45) is 0 Å². The summed E-state index contributed by atoms with van der Waals surface area (Å²) in [7, 11) is 0. The van der Waals surface area contributed by atoms with Crippen LogP contribution in [0.1, 0.15) is 51.1 Å². The number of benzene rings is 3. The van der Waals surface area contributed by atoms with Crippen molar-refractivity contribution in [2.45, 2.75) is 25.9 Å². The molecule has 4 rings (SSSR count). The maximum Gasteiger partial charge on any atom is 0.416 e. The number of carbonyl (C=O) groups excluding carboxylic acids is 1. The van der Waals surface area contributed by atoms with Crippen LogP contribution in [0.5, 0.6) is 0 Å². The number of hydrogen-bond donors (Lipinski definition) is 1. The third kappa shape index (κ3) is 4.31. The van der Waals surface area contributed by atoms with Crippen LogP contribution in [0.2, 0.25) is 0 Å². The number of ketones is 1. The van der Waals surface area contributed by atoms with Crippen LogP contribution in [0.4, 0.5) is 13.2 Å². The quantitative estimate of drug-likeness (QED) is 0.278. The minimum atomic E-state index is -4.44. The summed E-state index contributed by atoms with van der Waals surface area (Å²) < 4.78 is 39.4. The van der Waals surface area contributed by atoms with E-state index in [9.17, 15) is 18.0 Å². The summed E-state index contributed by atoms with van der Waals surface area (Å²) in [6.07, 6.45) is -4.44. The molecule has 4 aromatic rings. The van der Waals surface area contributed by atoms with Crippen LogP contribution < -0.4 is 0 Å². The number of halogens is 3. The van der Waals surface area contributed by atoms with E-state index in [1.54, 1.807) is 6.07 Å². The minimum absolute atomic E-state index is 0.130. The second-order valence-electron chi connectivity index (χ2n) is 7.71. The molecule has 3 aromatic carbocycles. The Labute approximate surface area is 184 Å². The number of nitrogens with one attached hydrogen (secondary N) is 1. The molecule has 0 aliphatic carbocycles. The smallest absolute Gasteiger partial charge is 0.352 e. The number of carbonyl (C=O) groups is 1. The van der Waals surface area contributed by atoms with Gasteiger partial charge in [0, 0.05) is 29.0 Å². The van der Waals surface area contributed by atoms with Gasteiger partial charge >= 0.3 is 6.18 Å². The highest BCUT2D eigenvalue weighted by atomic mass is 19.4. The summed E-state index contributed by atoms with van der Waals surface area (Å²) in [5.41, 5.74) is 3.46. The molecule has 0 amide bonds. The molecular formula is C27H20F3NO. The number of aromatic nitrogens is 1. The maximum absolute atomic E-state index is 13.1. The molecular weight excluding hydrogens is 411 g/mol. The Morgan fingerprint density at radius 3 is 2.38 bits per heavy atom. The summed E-state index contributed by atoms with van der Waals surface area (Å²) in [4.78, 5) is 15.6. The Bertz CT molecular complexity index is 1350. The highest BCUT2D eigenvalue weighted by Crippen LogP contribution is 2.34. The lowest BCUT2D eigenvalue weighted by atomic mass is 9.88. The molecule has 2 nitrogen and oxygen atoms in total. The number of Topliss-reactive ketones (excluding diaryl/α,β-unsaturated/α-hetero) is 1. The maximum atomic E-state index is 13.1. The highest BCUT2D eigenvalue weighted by Gasteiger charge is 2.30. The van der Waals surface area contributed by atoms with Gasteiger partial charge in [0.15, 0.2) is 5.78 Å². The lowest BCUT2D eigenvalue weighted by molar-refractivity contribution is -0.137. The van der Waals surface area contributed by atoms with Crippen LogP contribution in [0, 0.1) is 18.8 Å². The lowest BCUT2D eigenvalue weighted by Gasteiger charge is -2.13. The normalized spacial score (nSPS) is 12.3. The molecule has 0 bridgehead atoms. The summed E-state index contributed by atoms with van der Waals surface area (Å²) in [6.45, 7) is 3.46. The van der Waals surface area contributed by atoms with E-state index in [2.05, 4.69) is 16.8 Å². The van der Waals surface area contributed by atoms with Crippen LogP contribution in [0.15, 0.2) is 72.8 Å². The van der Waals surface area contributed by atoms with Gasteiger partial charge in [0.05, 0.1) is 17.2 Å². The van der Waals surface area contributed by atoms with Crippen molar-refractivity contribution in [1.29, 1.82) is 0 Å². The van der Waals surface area contributed by atoms with Crippen LogP contribution in [0.25, 0.3) is 10.9 Å². The first-order valence-electron chi connectivity index (χ1n) is 10.1. The van der Waals surface area contributed by atoms with E-state index in [0.717, 1.165) is 39.7 Å². The largest absolute Gasteiger partial charge is 0.416 e. The number of fused-ring (bicyclic) bond motifs is 1. The molecule has 1 N–H and O–H groups in total. The molecule has 160 valence electrons. The van der Waals surface area contributed by atoms with E-state index < -0.39 is 17.7 Å². The number of aromatic amines is 1. The standard InChI is InChI=1S/C27H20F3NO/c1-17-10-13-20(14-11-17)22(15-12-19-6-5-7-21(16-19)27(28,29)30)25-23-8-3-4-9-24(23)31-26(25)18(2)32/h3-11,13-14,16,22,31H,1-2H3. The fraction of sp³-hybridized carbons (Fsp3) is 0.148. The summed E-state index contributed by atoms with van der Waals surface area (Å²) >= 11 is 0. The molecule has 0 fully saturated rings. The molecule has 5 heteroatoms. The van der Waals surface area contributed by atoms with Crippen molar-refractivity contribution in [2.75, 3.05) is 0 Å². The number of hydrogen-bond acceptors (Lipinski definition) is 1. The third-order valence-corrected chi connectivity index (χ3v) is 5.35. The van der Waals surface area contributed by atoms with Gasteiger partial charge in [-0.15, -0.1) is 0 Å². The zero-order valence-corrected chi connectivity index (χ0v) is 17.5. The monoisotopic (exact) mass is 431 g/mol. The Morgan fingerprint density at radius 1 is 0.969 bits per heavy atom. The van der Waals surface area contributed by atoms with Crippen molar-refractivity contribution >= 4 is 16.7 Å². The van der Waals surface area contributed by atoms with Gasteiger partial charge in [-0.05, 0) is 36.8 Å². The Balaban J connectivity index is 1.91. The topological polar surface area (TPSA) is 32.9 Å². The minimum Gasteiger partial charge on any atom is -0.352 e. The van der Waals surface area contributed by atoms with E-state index in [1.165, 1.54) is 13.0 Å². The zero-order valence-electron chi connectivity index (χ0n) is 17.5. The highest BCUT2D eigenvalue weighted by molar-refractivity contribution is 6.02. The molecule has 0 saturated heterocycles. The molecule has 1 heterocycles. The Kier molecular flexibility index (Phi) is 5.63. The first-order chi connectivity index (χ1) is 15.2. The molecule has 1 aromatic heterocycles. The van der Waals surface area contributed by atoms with Gasteiger partial charge in [-0.3, -0.25) is 4.79 Å². The molecule has 1 unspecified atom stereocenters. The van der Waals surface area contributed by atoms with Crippen molar-refractivity contribution in [3.05, 3.63) is 106 Å². The summed E-state index contributed by atoms with van der Waals surface area (Å²) in [6, 6.07) is 20.3. The number of aryl methyl sites for hydroxylation is 1. The SMILES string of the molecule is CC(=O)c1[nH]c2ccccc2c1C(C#Cc1cccc(C(F)(F)F)c1)c1ccc(C)cc1. The van der Waals surface area contributed by atoms with E-state index in [4.69, 9.17) is 0 Å². The van der Waals surface area contributed by atoms with Gasteiger partial charge in [-0.25, -0.2) is 0 Å². The van der Waals surface area contributed by atoms with Gasteiger partial charge in [0.1, 0.15) is 0 Å². The van der Waals surface area contributed by atoms with Crippen molar-refractivity contribution in [3.63, 3.8) is 0 Å². The van der Waals surface area contributed by atoms with Gasteiger partial charge in [0.25, 0.3) is 0 Å². The van der Waals surface area contributed by atoms with E-state index in [1.807, 2.05) is 55.5 Å². The van der Waals surface area contributed by atoms with E-state index >= 15 is 0 Å². The number of H-pyrrole nitrogens is 1. The third-order valence-electron chi connectivity index (χ3n) is 5.35. The Hall–Kier alpha value is -3.78. The number of para-hydroxylation sites is 1. The summed E-state index contributed by atoms with van der Waals surface area (Å²) in [5.74, 6) is 5.43. The van der Waals surface area contributed by atoms with Crippen molar-refractivity contribution in [3.8, 4) is 11.8 Å². The zero-order chi connectivity index (χ0) is 22.9. The van der Waals surface area contributed by atoms with Crippen molar-refractivity contribution < 1.29 is 18.0 Å². The average molecular weight is 431 g/mol. The second kappa shape index (κ2) is 8.39. The molecule has 0 aliphatic rings. The van der Waals surface area contributed by atoms with Crippen LogP contribution in [0.3, 0.4) is 0 Å². The van der Waals surface area contributed by atoms with Crippen LogP contribution in [-0.2, 0) is 6.18 Å².